The Morgan fingerprint density at radius 3 is 1.92 bits per heavy atom. The topological polar surface area (TPSA) is 113 Å². The predicted octanol–water partition coefficient (Wildman–Crippen LogP) is 4.35. The SMILES string of the molecule is COc1cc(C=C2C(=O)N(c3ccccc3)C(=O)N(c3ccccc3)C2=O)cc(I)c1OCC(=O)O. The van der Waals surface area contributed by atoms with Crippen LogP contribution in [0.3, 0.4) is 0 Å². The maximum atomic E-state index is 13.5. The number of carbonyl (C=O) groups is 4. The van der Waals surface area contributed by atoms with E-state index in [1.165, 1.54) is 19.3 Å². The molecular weight excluding hydrogens is 579 g/mol. The van der Waals surface area contributed by atoms with Crippen LogP contribution in [0.25, 0.3) is 6.08 Å². The Morgan fingerprint density at radius 1 is 0.917 bits per heavy atom. The number of carbonyl (C=O) groups excluding carboxylic acids is 3. The van der Waals surface area contributed by atoms with Gasteiger partial charge >= 0.3 is 12.0 Å². The summed E-state index contributed by atoms with van der Waals surface area (Å²) in [5.41, 5.74) is 0.818. The van der Waals surface area contributed by atoms with E-state index in [-0.39, 0.29) is 17.1 Å². The predicted molar refractivity (Wildman–Crippen MR) is 140 cm³/mol. The highest BCUT2D eigenvalue weighted by Gasteiger charge is 2.43. The van der Waals surface area contributed by atoms with Crippen molar-refractivity contribution in [2.75, 3.05) is 23.5 Å². The summed E-state index contributed by atoms with van der Waals surface area (Å²) in [4.78, 5) is 53.1. The monoisotopic (exact) mass is 598 g/mol. The summed E-state index contributed by atoms with van der Waals surface area (Å²) in [5, 5.41) is 8.93. The molecule has 0 aromatic heterocycles. The van der Waals surface area contributed by atoms with Gasteiger partial charge in [0, 0.05) is 0 Å². The Balaban J connectivity index is 1.83. The van der Waals surface area contributed by atoms with E-state index in [1.54, 1.807) is 66.7 Å². The number of aliphatic carboxylic acids is 1. The average Bonchev–Trinajstić information content (AvgIpc) is 2.87. The van der Waals surface area contributed by atoms with Crippen LogP contribution >= 0.6 is 22.6 Å². The molecule has 3 aromatic rings. The van der Waals surface area contributed by atoms with Crippen molar-refractivity contribution in [1.29, 1.82) is 0 Å². The number of urea groups is 1. The van der Waals surface area contributed by atoms with E-state index in [2.05, 4.69) is 0 Å². The molecular formula is C26H19IN2O7. The normalized spacial score (nSPS) is 13.6. The molecule has 1 aliphatic rings. The van der Waals surface area contributed by atoms with Crippen LogP contribution in [0.2, 0.25) is 0 Å². The molecule has 0 saturated carbocycles. The zero-order valence-corrected chi connectivity index (χ0v) is 21.0. The van der Waals surface area contributed by atoms with Crippen molar-refractivity contribution in [3.63, 3.8) is 0 Å². The zero-order chi connectivity index (χ0) is 25.8. The molecule has 1 N–H and O–H groups in total. The summed E-state index contributed by atoms with van der Waals surface area (Å²) >= 11 is 1.94. The van der Waals surface area contributed by atoms with E-state index in [1.807, 2.05) is 22.6 Å². The van der Waals surface area contributed by atoms with Crippen molar-refractivity contribution in [3.8, 4) is 11.5 Å². The molecule has 0 bridgehead atoms. The summed E-state index contributed by atoms with van der Waals surface area (Å²) in [6.45, 7) is -0.566. The van der Waals surface area contributed by atoms with E-state index in [0.29, 0.717) is 20.5 Å². The van der Waals surface area contributed by atoms with Gasteiger partial charge in [0.1, 0.15) is 5.57 Å². The number of methoxy groups -OCH3 is 1. The molecule has 0 aliphatic carbocycles. The van der Waals surface area contributed by atoms with Gasteiger partial charge in [0.05, 0.1) is 22.1 Å². The Bertz CT molecular complexity index is 1310. The number of rotatable bonds is 7. The summed E-state index contributed by atoms with van der Waals surface area (Å²) in [6, 6.07) is 19.0. The molecule has 4 amide bonds. The zero-order valence-electron chi connectivity index (χ0n) is 18.9. The number of barbiturate groups is 1. The minimum absolute atomic E-state index is 0.218. The molecule has 182 valence electrons. The Hall–Kier alpha value is -4.19. The van der Waals surface area contributed by atoms with E-state index in [0.717, 1.165) is 9.80 Å². The summed E-state index contributed by atoms with van der Waals surface area (Å²) in [5.74, 6) is -2.26. The van der Waals surface area contributed by atoms with E-state index >= 15 is 0 Å². The standard InChI is InChI=1S/C26H19IN2O7/c1-35-21-14-16(13-20(27)23(21)36-15-22(30)31)12-19-24(32)28(17-8-4-2-5-9-17)26(34)29(25(19)33)18-10-6-3-7-11-18/h2-14H,15H2,1H3,(H,30,31). The minimum atomic E-state index is -1.15. The van der Waals surface area contributed by atoms with Gasteiger partial charge in [-0.1, -0.05) is 36.4 Å². The van der Waals surface area contributed by atoms with Crippen molar-refractivity contribution in [3.05, 3.63) is 87.5 Å². The Labute approximate surface area is 219 Å². The number of carboxylic acids is 1. The van der Waals surface area contributed by atoms with Gasteiger partial charge in [0.2, 0.25) is 0 Å². The first kappa shape index (κ1) is 24.9. The van der Waals surface area contributed by atoms with Crippen LogP contribution in [0.1, 0.15) is 5.56 Å². The van der Waals surface area contributed by atoms with E-state index in [9.17, 15) is 19.2 Å². The summed E-state index contributed by atoms with van der Waals surface area (Å²) < 4.78 is 11.2. The number of halogens is 1. The second-order valence-corrected chi connectivity index (χ2v) is 8.67. The van der Waals surface area contributed by atoms with Gasteiger partial charge in [-0.2, -0.15) is 0 Å². The van der Waals surface area contributed by atoms with Crippen molar-refractivity contribution >= 4 is 63.9 Å². The Kier molecular flexibility index (Phi) is 7.34. The van der Waals surface area contributed by atoms with Gasteiger partial charge in [0.15, 0.2) is 18.1 Å². The van der Waals surface area contributed by atoms with Gasteiger partial charge in [-0.25, -0.2) is 19.4 Å². The van der Waals surface area contributed by atoms with Gasteiger partial charge in [-0.3, -0.25) is 9.59 Å². The third-order valence-corrected chi connectivity index (χ3v) is 5.98. The number of nitrogens with zero attached hydrogens (tertiary/aromatic N) is 2. The number of benzene rings is 3. The molecule has 9 nitrogen and oxygen atoms in total. The summed E-state index contributed by atoms with van der Waals surface area (Å²) in [7, 11) is 1.39. The summed E-state index contributed by atoms with van der Waals surface area (Å²) in [6.07, 6.45) is 1.37. The first-order valence-corrected chi connectivity index (χ1v) is 11.7. The van der Waals surface area contributed by atoms with E-state index in [4.69, 9.17) is 14.6 Å². The number of hydrogen-bond donors (Lipinski definition) is 1. The molecule has 1 aliphatic heterocycles. The number of carboxylic acid groups (broad SMARTS) is 1. The lowest BCUT2D eigenvalue weighted by atomic mass is 10.0. The average molecular weight is 598 g/mol. The first-order valence-electron chi connectivity index (χ1n) is 10.6. The van der Waals surface area contributed by atoms with Gasteiger partial charge in [-0.15, -0.1) is 0 Å². The van der Waals surface area contributed by atoms with Gasteiger partial charge in [0.25, 0.3) is 11.8 Å². The molecule has 36 heavy (non-hydrogen) atoms. The van der Waals surface area contributed by atoms with Crippen molar-refractivity contribution in [2.45, 2.75) is 0 Å². The fourth-order valence-electron chi connectivity index (χ4n) is 3.60. The number of amides is 4. The number of ether oxygens (including phenoxy) is 2. The third kappa shape index (κ3) is 4.93. The van der Waals surface area contributed by atoms with Crippen LogP contribution in [-0.4, -0.2) is 42.6 Å². The van der Waals surface area contributed by atoms with Crippen LogP contribution in [0.15, 0.2) is 78.4 Å². The molecule has 0 atom stereocenters. The van der Waals surface area contributed by atoms with Crippen LogP contribution in [0.5, 0.6) is 11.5 Å². The fourth-order valence-corrected chi connectivity index (χ4v) is 4.38. The minimum Gasteiger partial charge on any atom is -0.493 e. The molecule has 0 radical (unpaired) electrons. The van der Waals surface area contributed by atoms with Crippen LogP contribution in [-0.2, 0) is 14.4 Å². The highest BCUT2D eigenvalue weighted by molar-refractivity contribution is 14.1. The molecule has 3 aromatic carbocycles. The second kappa shape index (κ2) is 10.6. The smallest absolute Gasteiger partial charge is 0.343 e. The van der Waals surface area contributed by atoms with Crippen molar-refractivity contribution < 1.29 is 33.8 Å². The number of imide groups is 2. The Morgan fingerprint density at radius 2 is 1.44 bits per heavy atom. The van der Waals surface area contributed by atoms with Crippen molar-refractivity contribution in [2.24, 2.45) is 0 Å². The van der Waals surface area contributed by atoms with Crippen LogP contribution in [0.4, 0.5) is 16.2 Å². The molecule has 4 rings (SSSR count). The molecule has 0 unspecified atom stereocenters. The van der Waals surface area contributed by atoms with Gasteiger partial charge < -0.3 is 14.6 Å². The lowest BCUT2D eigenvalue weighted by Gasteiger charge is -2.34. The fraction of sp³-hybridized carbons (Fsp3) is 0.0769. The number of para-hydroxylation sites is 2. The maximum Gasteiger partial charge on any atom is 0.343 e. The lowest BCUT2D eigenvalue weighted by molar-refractivity contribution is -0.139. The molecule has 0 spiro atoms. The van der Waals surface area contributed by atoms with Crippen LogP contribution in [0, 0.1) is 3.57 Å². The second-order valence-electron chi connectivity index (χ2n) is 7.51. The number of hydrogen-bond acceptors (Lipinski definition) is 6. The molecule has 10 heteroatoms. The van der Waals surface area contributed by atoms with Crippen LogP contribution < -0.4 is 19.3 Å². The maximum absolute atomic E-state index is 13.5. The quantitative estimate of drug-likeness (QED) is 0.245. The molecule has 1 fully saturated rings. The van der Waals surface area contributed by atoms with Crippen molar-refractivity contribution in [1.82, 2.24) is 0 Å². The third-order valence-electron chi connectivity index (χ3n) is 5.18. The first-order chi connectivity index (χ1) is 17.3. The lowest BCUT2D eigenvalue weighted by Crippen LogP contribution is -2.57. The molecule has 1 heterocycles. The van der Waals surface area contributed by atoms with Gasteiger partial charge in [-0.05, 0) is 70.6 Å². The highest BCUT2D eigenvalue weighted by atomic mass is 127. The largest absolute Gasteiger partial charge is 0.493 e. The number of anilines is 2. The highest BCUT2D eigenvalue weighted by Crippen LogP contribution is 2.36. The van der Waals surface area contributed by atoms with E-state index < -0.39 is 30.4 Å². The molecule has 1 saturated heterocycles.